The maximum atomic E-state index is 13.6. The van der Waals surface area contributed by atoms with Gasteiger partial charge in [0.15, 0.2) is 0 Å². The van der Waals surface area contributed by atoms with Crippen LogP contribution in [0.4, 0.5) is 4.39 Å². The van der Waals surface area contributed by atoms with Crippen molar-refractivity contribution in [3.63, 3.8) is 0 Å². The van der Waals surface area contributed by atoms with E-state index in [1.807, 2.05) is 18.2 Å². The molecule has 6 nitrogen and oxygen atoms in total. The summed E-state index contributed by atoms with van der Waals surface area (Å²) in [6.45, 7) is 2.86. The van der Waals surface area contributed by atoms with Gasteiger partial charge in [-0.1, -0.05) is 6.08 Å². The van der Waals surface area contributed by atoms with Crippen molar-refractivity contribution in [2.75, 3.05) is 13.1 Å². The largest absolute Gasteiger partial charge is 0.339 e. The lowest BCUT2D eigenvalue weighted by atomic mass is 10.0. The Balaban J connectivity index is 1.41. The van der Waals surface area contributed by atoms with E-state index in [9.17, 15) is 14.0 Å². The summed E-state index contributed by atoms with van der Waals surface area (Å²) < 4.78 is 13.6. The summed E-state index contributed by atoms with van der Waals surface area (Å²) in [6.07, 6.45) is 4.92. The van der Waals surface area contributed by atoms with Crippen LogP contribution >= 0.6 is 0 Å². The van der Waals surface area contributed by atoms with Gasteiger partial charge >= 0.3 is 0 Å². The van der Waals surface area contributed by atoms with Gasteiger partial charge in [0.2, 0.25) is 5.91 Å². The van der Waals surface area contributed by atoms with E-state index in [-0.39, 0.29) is 17.9 Å². The number of aryl methyl sites for hydroxylation is 2. The lowest BCUT2D eigenvalue weighted by molar-refractivity contribution is -0.130. The maximum Gasteiger partial charge on any atom is 0.256 e. The molecule has 1 aliphatic heterocycles. The van der Waals surface area contributed by atoms with Gasteiger partial charge in [0.1, 0.15) is 11.9 Å². The molecule has 0 aliphatic carbocycles. The number of hydrogen-bond donors (Lipinski definition) is 1. The number of benzene rings is 1. The number of nitrogens with zero attached hydrogens (tertiary/aromatic N) is 3. The molecule has 1 amide bonds. The highest BCUT2D eigenvalue weighted by Gasteiger charge is 2.19. The standard InChI is InChI=1S/C24H21FN4O2/c1-15-10-18(25)11-21-20(15)12-19(28-24(21)31)3-5-23(30)29-8-6-17(7-9-29)22-4-2-16(13-26)14-27-22/h2,4,6,10-12,14H,3,5,7-9H2,1H3,(H,28,31). The fourth-order valence-electron chi connectivity index (χ4n) is 3.87. The number of aromatic amines is 1. The van der Waals surface area contributed by atoms with Crippen LogP contribution in [0.5, 0.6) is 0 Å². The Morgan fingerprint density at radius 2 is 2.13 bits per heavy atom. The van der Waals surface area contributed by atoms with Crippen molar-refractivity contribution in [1.82, 2.24) is 14.9 Å². The number of nitrogens with one attached hydrogen (secondary N) is 1. The van der Waals surface area contributed by atoms with Crippen molar-refractivity contribution in [2.45, 2.75) is 26.2 Å². The molecule has 0 radical (unpaired) electrons. The van der Waals surface area contributed by atoms with Crippen molar-refractivity contribution >= 4 is 22.3 Å². The van der Waals surface area contributed by atoms with Crippen LogP contribution in [0.15, 0.2) is 47.4 Å². The smallest absolute Gasteiger partial charge is 0.256 e. The monoisotopic (exact) mass is 416 g/mol. The maximum absolute atomic E-state index is 13.6. The number of halogens is 1. The molecule has 0 bridgehead atoms. The number of pyridine rings is 2. The third-order valence-corrected chi connectivity index (χ3v) is 5.58. The molecule has 3 heterocycles. The SMILES string of the molecule is Cc1cc(F)cc2c(=O)[nH]c(CCC(=O)N3CC=C(c4ccc(C#N)cn4)CC3)cc12. The molecule has 0 saturated carbocycles. The van der Waals surface area contributed by atoms with E-state index in [2.05, 4.69) is 16.0 Å². The second-order valence-electron chi connectivity index (χ2n) is 7.67. The molecule has 7 heteroatoms. The zero-order valence-electron chi connectivity index (χ0n) is 17.1. The van der Waals surface area contributed by atoms with Gasteiger partial charge in [-0.05, 0) is 66.6 Å². The van der Waals surface area contributed by atoms with Gasteiger partial charge in [-0.15, -0.1) is 0 Å². The molecule has 1 aliphatic rings. The minimum Gasteiger partial charge on any atom is -0.339 e. The van der Waals surface area contributed by atoms with Crippen LogP contribution in [0.3, 0.4) is 0 Å². The van der Waals surface area contributed by atoms with Crippen molar-refractivity contribution in [2.24, 2.45) is 0 Å². The Bertz CT molecular complexity index is 1290. The molecule has 3 aromatic rings. The number of H-pyrrole nitrogens is 1. The molecule has 1 N–H and O–H groups in total. The first-order valence-electron chi connectivity index (χ1n) is 10.1. The highest BCUT2D eigenvalue weighted by Crippen LogP contribution is 2.22. The molecule has 0 unspecified atom stereocenters. The van der Waals surface area contributed by atoms with Gasteiger partial charge in [-0.25, -0.2) is 4.39 Å². The van der Waals surface area contributed by atoms with Crippen LogP contribution in [0.25, 0.3) is 16.3 Å². The highest BCUT2D eigenvalue weighted by molar-refractivity contribution is 5.85. The van der Waals surface area contributed by atoms with Crippen molar-refractivity contribution in [1.29, 1.82) is 5.26 Å². The average molecular weight is 416 g/mol. The number of carbonyl (C=O) groups is 1. The fourth-order valence-corrected chi connectivity index (χ4v) is 3.87. The van der Waals surface area contributed by atoms with Crippen LogP contribution in [-0.4, -0.2) is 33.9 Å². The second kappa shape index (κ2) is 8.52. The number of nitriles is 1. The molecule has 0 saturated heterocycles. The minimum atomic E-state index is -0.438. The van der Waals surface area contributed by atoms with Gasteiger partial charge in [-0.3, -0.25) is 14.6 Å². The first-order valence-corrected chi connectivity index (χ1v) is 10.1. The summed E-state index contributed by atoms with van der Waals surface area (Å²) in [5.74, 6) is -0.424. The molecular weight excluding hydrogens is 395 g/mol. The fraction of sp³-hybridized carbons (Fsp3) is 0.250. The van der Waals surface area contributed by atoms with Gasteiger partial charge < -0.3 is 9.88 Å². The van der Waals surface area contributed by atoms with E-state index in [1.54, 1.807) is 24.1 Å². The summed E-state index contributed by atoms with van der Waals surface area (Å²) in [4.78, 5) is 33.8. The van der Waals surface area contributed by atoms with Crippen molar-refractivity contribution in [3.05, 3.63) is 81.3 Å². The summed E-state index contributed by atoms with van der Waals surface area (Å²) in [6, 6.07) is 10.1. The predicted octanol–water partition coefficient (Wildman–Crippen LogP) is 3.49. The Hall–Kier alpha value is -3.79. The molecule has 156 valence electrons. The van der Waals surface area contributed by atoms with E-state index >= 15 is 0 Å². The topological polar surface area (TPSA) is 89.9 Å². The van der Waals surface area contributed by atoms with Gasteiger partial charge in [-0.2, -0.15) is 5.26 Å². The predicted molar refractivity (Wildman–Crippen MR) is 116 cm³/mol. The Morgan fingerprint density at radius 3 is 2.81 bits per heavy atom. The Morgan fingerprint density at radius 1 is 1.29 bits per heavy atom. The number of rotatable bonds is 4. The Labute approximate surface area is 178 Å². The van der Waals surface area contributed by atoms with Gasteiger partial charge in [0, 0.05) is 31.4 Å². The zero-order chi connectivity index (χ0) is 22.0. The minimum absolute atomic E-state index is 0.0138. The highest BCUT2D eigenvalue weighted by atomic mass is 19.1. The van der Waals surface area contributed by atoms with Crippen LogP contribution in [0.1, 0.15) is 35.4 Å². The second-order valence-corrected chi connectivity index (χ2v) is 7.67. The third kappa shape index (κ3) is 4.38. The molecule has 4 rings (SSSR count). The molecular formula is C24H21FN4O2. The number of hydrogen-bond acceptors (Lipinski definition) is 4. The van der Waals surface area contributed by atoms with Crippen LogP contribution in [-0.2, 0) is 11.2 Å². The third-order valence-electron chi connectivity index (χ3n) is 5.58. The summed E-state index contributed by atoms with van der Waals surface area (Å²) in [5, 5.41) is 9.90. The average Bonchev–Trinajstić information content (AvgIpc) is 2.78. The number of aromatic nitrogens is 2. The van der Waals surface area contributed by atoms with E-state index in [0.29, 0.717) is 53.5 Å². The van der Waals surface area contributed by atoms with E-state index in [0.717, 1.165) is 11.3 Å². The first-order chi connectivity index (χ1) is 14.9. The van der Waals surface area contributed by atoms with Crippen molar-refractivity contribution < 1.29 is 9.18 Å². The van der Waals surface area contributed by atoms with Gasteiger partial charge in [0.25, 0.3) is 5.56 Å². The van der Waals surface area contributed by atoms with E-state index < -0.39 is 5.82 Å². The molecule has 2 aromatic heterocycles. The summed E-state index contributed by atoms with van der Waals surface area (Å²) >= 11 is 0. The number of fused-ring (bicyclic) bond motifs is 1. The van der Waals surface area contributed by atoms with Crippen LogP contribution in [0, 0.1) is 24.1 Å². The summed E-state index contributed by atoms with van der Waals surface area (Å²) in [5.41, 5.74) is 3.42. The van der Waals surface area contributed by atoms with E-state index in [4.69, 9.17) is 5.26 Å². The number of carbonyl (C=O) groups excluding carboxylic acids is 1. The van der Waals surface area contributed by atoms with Crippen LogP contribution < -0.4 is 5.56 Å². The lowest BCUT2D eigenvalue weighted by Crippen LogP contribution is -2.35. The molecule has 0 fully saturated rings. The Kier molecular flexibility index (Phi) is 5.63. The first kappa shape index (κ1) is 20.5. The molecule has 0 atom stereocenters. The zero-order valence-corrected chi connectivity index (χ0v) is 17.1. The summed E-state index contributed by atoms with van der Waals surface area (Å²) in [7, 11) is 0. The van der Waals surface area contributed by atoms with E-state index in [1.165, 1.54) is 12.1 Å². The normalized spacial score (nSPS) is 13.7. The quantitative estimate of drug-likeness (QED) is 0.705. The van der Waals surface area contributed by atoms with Crippen molar-refractivity contribution in [3.8, 4) is 6.07 Å². The van der Waals surface area contributed by atoms with Gasteiger partial charge in [0.05, 0.1) is 16.6 Å². The lowest BCUT2D eigenvalue weighted by Gasteiger charge is -2.26. The molecule has 31 heavy (non-hydrogen) atoms. The number of amides is 1. The van der Waals surface area contributed by atoms with Crippen LogP contribution in [0.2, 0.25) is 0 Å². The molecule has 0 spiro atoms. The molecule has 1 aromatic carbocycles.